The van der Waals surface area contributed by atoms with Gasteiger partial charge in [0.2, 0.25) is 5.91 Å². The molecule has 1 atom stereocenters. The average molecular weight is 343 g/mol. The number of amides is 1. The summed E-state index contributed by atoms with van der Waals surface area (Å²) in [6.07, 6.45) is 4.94. The maximum absolute atomic E-state index is 12.5. The Morgan fingerprint density at radius 1 is 1.36 bits per heavy atom. The number of nitrogens with zero attached hydrogens (tertiary/aromatic N) is 1. The number of rotatable bonds is 5. The minimum absolute atomic E-state index is 0. The fraction of sp³-hybridized carbons (Fsp3) is 0.588. The van der Waals surface area contributed by atoms with E-state index >= 15 is 0 Å². The lowest BCUT2D eigenvalue weighted by atomic mass is 10.1. The van der Waals surface area contributed by atoms with Crippen LogP contribution < -0.4 is 5.73 Å². The third kappa shape index (κ3) is 5.73. The molecule has 1 aliphatic rings. The highest BCUT2D eigenvalue weighted by Gasteiger charge is 2.21. The highest BCUT2D eigenvalue weighted by Crippen LogP contribution is 2.23. The molecular formula is C17H27ClN2OS. The molecule has 1 amide bonds. The fourth-order valence-electron chi connectivity index (χ4n) is 2.86. The molecule has 0 saturated carbocycles. The van der Waals surface area contributed by atoms with E-state index in [1.807, 2.05) is 36.0 Å². The number of benzene rings is 1. The molecule has 2 rings (SSSR count). The minimum Gasteiger partial charge on any atom is -0.399 e. The summed E-state index contributed by atoms with van der Waals surface area (Å²) in [6, 6.07) is 7.83. The van der Waals surface area contributed by atoms with Crippen LogP contribution in [0, 0.1) is 0 Å². The number of para-hydroxylation sites is 1. The molecule has 1 aromatic carbocycles. The first-order valence-electron chi connectivity index (χ1n) is 7.93. The van der Waals surface area contributed by atoms with Gasteiger partial charge in [-0.15, -0.1) is 12.4 Å². The molecule has 22 heavy (non-hydrogen) atoms. The molecule has 1 unspecified atom stereocenters. The summed E-state index contributed by atoms with van der Waals surface area (Å²) in [7, 11) is 0. The van der Waals surface area contributed by atoms with E-state index in [0.29, 0.717) is 11.7 Å². The van der Waals surface area contributed by atoms with Gasteiger partial charge < -0.3 is 10.6 Å². The van der Waals surface area contributed by atoms with E-state index in [9.17, 15) is 4.79 Å². The zero-order valence-electron chi connectivity index (χ0n) is 13.3. The lowest BCUT2D eigenvalue weighted by molar-refractivity contribution is -0.131. The summed E-state index contributed by atoms with van der Waals surface area (Å²) < 4.78 is 0. The third-order valence-corrected chi connectivity index (χ3v) is 5.24. The number of nitrogen functional groups attached to an aromatic ring is 1. The van der Waals surface area contributed by atoms with Crippen LogP contribution in [0.25, 0.3) is 0 Å². The van der Waals surface area contributed by atoms with Crippen molar-refractivity contribution in [1.82, 2.24) is 4.90 Å². The maximum atomic E-state index is 12.5. The molecule has 3 nitrogen and oxygen atoms in total. The van der Waals surface area contributed by atoms with Crippen molar-refractivity contribution in [2.24, 2.45) is 0 Å². The fourth-order valence-corrected chi connectivity index (χ4v) is 3.95. The predicted molar refractivity (Wildman–Crippen MR) is 98.8 cm³/mol. The molecule has 124 valence electrons. The van der Waals surface area contributed by atoms with Crippen LogP contribution in [0.1, 0.15) is 38.2 Å². The maximum Gasteiger partial charge on any atom is 0.222 e. The molecule has 2 N–H and O–H groups in total. The second-order valence-electron chi connectivity index (χ2n) is 5.61. The van der Waals surface area contributed by atoms with Gasteiger partial charge in [-0.2, -0.15) is 11.8 Å². The molecule has 0 aliphatic carbocycles. The molecule has 0 spiro atoms. The van der Waals surface area contributed by atoms with Gasteiger partial charge in [0.15, 0.2) is 0 Å². The van der Waals surface area contributed by atoms with E-state index in [-0.39, 0.29) is 18.3 Å². The van der Waals surface area contributed by atoms with Crippen molar-refractivity contribution in [3.05, 3.63) is 29.8 Å². The number of thioether (sulfide) groups is 1. The van der Waals surface area contributed by atoms with Gasteiger partial charge in [-0.1, -0.05) is 31.5 Å². The lowest BCUT2D eigenvalue weighted by Gasteiger charge is -2.24. The van der Waals surface area contributed by atoms with E-state index in [0.717, 1.165) is 42.9 Å². The Morgan fingerprint density at radius 2 is 2.14 bits per heavy atom. The molecule has 1 fully saturated rings. The van der Waals surface area contributed by atoms with Gasteiger partial charge in [0, 0.05) is 30.4 Å². The van der Waals surface area contributed by atoms with Gasteiger partial charge in [0.1, 0.15) is 0 Å². The largest absolute Gasteiger partial charge is 0.399 e. The molecule has 1 aliphatic heterocycles. The Morgan fingerprint density at radius 3 is 2.86 bits per heavy atom. The molecular weight excluding hydrogens is 316 g/mol. The summed E-state index contributed by atoms with van der Waals surface area (Å²) in [5.74, 6) is 1.41. The Hall–Kier alpha value is -0.870. The first-order chi connectivity index (χ1) is 10.2. The summed E-state index contributed by atoms with van der Waals surface area (Å²) in [6.45, 7) is 4.03. The van der Waals surface area contributed by atoms with Crippen molar-refractivity contribution in [3.8, 4) is 0 Å². The number of carbonyl (C=O) groups excluding carboxylic acids is 1. The predicted octanol–water partition coefficient (Wildman–Crippen LogP) is 3.76. The number of hydrogen-bond donors (Lipinski definition) is 1. The van der Waals surface area contributed by atoms with Gasteiger partial charge in [0.05, 0.1) is 0 Å². The van der Waals surface area contributed by atoms with Crippen molar-refractivity contribution in [2.75, 3.05) is 24.6 Å². The number of nitrogens with two attached hydrogens (primary N) is 1. The van der Waals surface area contributed by atoms with E-state index in [1.54, 1.807) is 0 Å². The summed E-state index contributed by atoms with van der Waals surface area (Å²) in [4.78, 5) is 14.5. The zero-order chi connectivity index (χ0) is 15.1. The Balaban J connectivity index is 0.00000242. The van der Waals surface area contributed by atoms with Crippen LogP contribution in [0.4, 0.5) is 5.69 Å². The van der Waals surface area contributed by atoms with Crippen LogP contribution in [-0.4, -0.2) is 34.9 Å². The molecule has 0 aromatic heterocycles. The highest BCUT2D eigenvalue weighted by atomic mass is 35.5. The number of hydrogen-bond acceptors (Lipinski definition) is 3. The van der Waals surface area contributed by atoms with E-state index in [4.69, 9.17) is 5.73 Å². The summed E-state index contributed by atoms with van der Waals surface area (Å²) in [5.41, 5.74) is 7.82. The average Bonchev–Trinajstić information content (AvgIpc) is 2.72. The Bertz CT molecular complexity index is 470. The number of anilines is 1. The van der Waals surface area contributed by atoms with Gasteiger partial charge in [0.25, 0.3) is 0 Å². The van der Waals surface area contributed by atoms with Crippen LogP contribution in [0.2, 0.25) is 0 Å². The van der Waals surface area contributed by atoms with Crippen molar-refractivity contribution < 1.29 is 4.79 Å². The first-order valence-corrected chi connectivity index (χ1v) is 8.98. The molecule has 0 radical (unpaired) electrons. The third-order valence-electron chi connectivity index (χ3n) is 4.05. The Kier molecular flexibility index (Phi) is 8.72. The topological polar surface area (TPSA) is 46.3 Å². The van der Waals surface area contributed by atoms with E-state index < -0.39 is 0 Å². The normalized spacial score (nSPS) is 18.4. The second kappa shape index (κ2) is 10.0. The first kappa shape index (κ1) is 19.2. The van der Waals surface area contributed by atoms with Crippen LogP contribution in [-0.2, 0) is 11.2 Å². The van der Waals surface area contributed by atoms with Crippen LogP contribution in [0.15, 0.2) is 24.3 Å². The van der Waals surface area contributed by atoms with Gasteiger partial charge >= 0.3 is 0 Å². The van der Waals surface area contributed by atoms with Gasteiger partial charge in [-0.25, -0.2) is 0 Å². The van der Waals surface area contributed by atoms with Gasteiger partial charge in [-0.3, -0.25) is 4.79 Å². The van der Waals surface area contributed by atoms with Crippen molar-refractivity contribution in [2.45, 2.75) is 44.3 Å². The number of aryl methyl sites for hydroxylation is 1. The van der Waals surface area contributed by atoms with Crippen LogP contribution in [0.5, 0.6) is 0 Å². The summed E-state index contributed by atoms with van der Waals surface area (Å²) >= 11 is 1.99. The van der Waals surface area contributed by atoms with Crippen LogP contribution in [0.3, 0.4) is 0 Å². The molecule has 1 saturated heterocycles. The SMILES string of the molecule is CCSC1CCCCN(C(=O)CCc2ccccc2N)C1.Cl. The van der Waals surface area contributed by atoms with Crippen molar-refractivity contribution in [1.29, 1.82) is 0 Å². The smallest absolute Gasteiger partial charge is 0.222 e. The second-order valence-corrected chi connectivity index (χ2v) is 7.19. The zero-order valence-corrected chi connectivity index (χ0v) is 14.9. The molecule has 5 heteroatoms. The minimum atomic E-state index is 0. The molecule has 1 heterocycles. The van der Waals surface area contributed by atoms with Crippen molar-refractivity contribution in [3.63, 3.8) is 0 Å². The van der Waals surface area contributed by atoms with Crippen LogP contribution >= 0.6 is 24.2 Å². The highest BCUT2D eigenvalue weighted by molar-refractivity contribution is 7.99. The van der Waals surface area contributed by atoms with Crippen molar-refractivity contribution >= 4 is 35.8 Å². The number of halogens is 1. The van der Waals surface area contributed by atoms with E-state index in [1.165, 1.54) is 12.8 Å². The number of likely N-dealkylation sites (tertiary alicyclic amines) is 1. The standard InChI is InChI=1S/C17H26N2OS.ClH/c1-2-21-15-8-5-6-12-19(13-15)17(20)11-10-14-7-3-4-9-16(14)18;/h3-4,7,9,15H,2,5-6,8,10-13,18H2,1H3;1H. The lowest BCUT2D eigenvalue weighted by Crippen LogP contribution is -2.35. The van der Waals surface area contributed by atoms with E-state index in [2.05, 4.69) is 11.8 Å². The summed E-state index contributed by atoms with van der Waals surface area (Å²) in [5, 5.41) is 0.614. The van der Waals surface area contributed by atoms with Gasteiger partial charge in [-0.05, 0) is 36.6 Å². The monoisotopic (exact) mass is 342 g/mol. The Labute approximate surface area is 144 Å². The molecule has 1 aromatic rings. The quantitative estimate of drug-likeness (QED) is 0.829. The molecule has 0 bridgehead atoms. The number of carbonyl (C=O) groups is 1.